The smallest absolute Gasteiger partial charge is 0.308 e. The van der Waals surface area contributed by atoms with Crippen molar-refractivity contribution in [2.75, 3.05) is 10.6 Å². The lowest BCUT2D eigenvalue weighted by atomic mass is 10.1. The summed E-state index contributed by atoms with van der Waals surface area (Å²) in [6, 6.07) is 11.4. The maximum Gasteiger partial charge on any atom is 0.416 e. The van der Waals surface area contributed by atoms with Gasteiger partial charge in [-0.2, -0.15) is 13.2 Å². The molecule has 0 unspecified atom stereocenters. The lowest BCUT2D eigenvalue weighted by Gasteiger charge is -2.13. The van der Waals surface area contributed by atoms with Crippen LogP contribution in [0.2, 0.25) is 0 Å². The lowest BCUT2D eigenvalue weighted by molar-refractivity contribution is -0.137. The number of halogens is 4. The summed E-state index contributed by atoms with van der Waals surface area (Å²) < 4.78 is 77.8. The quantitative estimate of drug-likeness (QED) is 0.435. The minimum absolute atomic E-state index is 0.0249. The maximum absolute atomic E-state index is 13.3. The van der Waals surface area contributed by atoms with E-state index in [0.717, 1.165) is 18.2 Å². The van der Waals surface area contributed by atoms with Crippen LogP contribution in [0.25, 0.3) is 0 Å². The molecule has 0 spiro atoms. The molecule has 0 aliphatic carbocycles. The molecule has 0 aliphatic rings. The second-order valence-corrected chi connectivity index (χ2v) is 9.43. The number of hydrogen-bond donors (Lipinski definition) is 2. The number of alkyl halides is 3. The van der Waals surface area contributed by atoms with Crippen LogP contribution in [0.15, 0.2) is 65.6 Å². The van der Waals surface area contributed by atoms with Gasteiger partial charge in [-0.1, -0.05) is 18.2 Å². The first-order valence-corrected chi connectivity index (χ1v) is 11.3. The highest BCUT2D eigenvalue weighted by Gasteiger charge is 2.30. The van der Waals surface area contributed by atoms with Gasteiger partial charge in [0.25, 0.3) is 0 Å². The molecule has 3 rings (SSSR count). The van der Waals surface area contributed by atoms with Gasteiger partial charge in [0.15, 0.2) is 9.84 Å². The van der Waals surface area contributed by atoms with E-state index in [2.05, 4.69) is 10.6 Å². The summed E-state index contributed by atoms with van der Waals surface area (Å²) in [6.45, 7) is 3.20. The summed E-state index contributed by atoms with van der Waals surface area (Å²) >= 11 is 0. The zero-order valence-corrected chi connectivity index (χ0v) is 18.4. The van der Waals surface area contributed by atoms with E-state index in [1.165, 1.54) is 42.5 Å². The van der Waals surface area contributed by atoms with Gasteiger partial charge >= 0.3 is 12.2 Å². The number of carbonyl (C=O) groups is 1. The summed E-state index contributed by atoms with van der Waals surface area (Å²) in [5.74, 6) is -0.831. The Morgan fingerprint density at radius 2 is 1.55 bits per heavy atom. The number of hydrogen-bond acceptors (Lipinski definition) is 3. The van der Waals surface area contributed by atoms with Crippen LogP contribution < -0.4 is 10.6 Å². The molecule has 5 nitrogen and oxygen atoms in total. The summed E-state index contributed by atoms with van der Waals surface area (Å²) in [4.78, 5) is 12.2. The molecule has 0 heterocycles. The van der Waals surface area contributed by atoms with Crippen LogP contribution in [-0.2, 0) is 21.8 Å². The standard InChI is InChI=1S/C23H20F4N2O3S/c1-14-6-9-20(29-22(30)28-19-5-3-4-17(11-19)23(25,26)27)12-21(14)33(31,32)13-16-7-8-18(24)10-15(16)2/h3-12H,13H2,1-2H3,(H2,28,29,30). The number of amides is 2. The molecular formula is C23H20F4N2O3S. The van der Waals surface area contributed by atoms with E-state index in [9.17, 15) is 30.8 Å². The third-order valence-corrected chi connectivity index (χ3v) is 6.68. The van der Waals surface area contributed by atoms with Crippen molar-refractivity contribution in [1.82, 2.24) is 0 Å². The van der Waals surface area contributed by atoms with E-state index < -0.39 is 33.4 Å². The number of carbonyl (C=O) groups excluding carboxylic acids is 1. The first-order chi connectivity index (χ1) is 15.3. The van der Waals surface area contributed by atoms with Crippen LogP contribution in [-0.4, -0.2) is 14.4 Å². The second kappa shape index (κ2) is 9.22. The predicted octanol–water partition coefficient (Wildman–Crippen LogP) is 6.08. The Balaban J connectivity index is 1.79. The number of sulfone groups is 1. The molecule has 0 radical (unpaired) electrons. The Labute approximate surface area is 188 Å². The molecule has 0 fully saturated rings. The van der Waals surface area contributed by atoms with E-state index >= 15 is 0 Å². The summed E-state index contributed by atoms with van der Waals surface area (Å²) in [5, 5.41) is 4.72. The van der Waals surface area contributed by atoms with Gasteiger partial charge < -0.3 is 10.6 Å². The molecule has 0 aliphatic heterocycles. The zero-order chi connectivity index (χ0) is 24.4. The third-order valence-electron chi connectivity index (χ3n) is 4.88. The van der Waals surface area contributed by atoms with Gasteiger partial charge in [0.05, 0.1) is 16.2 Å². The van der Waals surface area contributed by atoms with Gasteiger partial charge in [0.1, 0.15) is 5.82 Å². The van der Waals surface area contributed by atoms with E-state index in [0.29, 0.717) is 16.7 Å². The van der Waals surface area contributed by atoms with Gasteiger partial charge in [-0.3, -0.25) is 0 Å². The number of aryl methyl sites for hydroxylation is 2. The topological polar surface area (TPSA) is 75.3 Å². The molecule has 33 heavy (non-hydrogen) atoms. The minimum Gasteiger partial charge on any atom is -0.308 e. The zero-order valence-electron chi connectivity index (χ0n) is 17.6. The lowest BCUT2D eigenvalue weighted by Crippen LogP contribution is -2.20. The summed E-state index contributed by atoms with van der Waals surface area (Å²) in [6.07, 6.45) is -4.56. The van der Waals surface area contributed by atoms with Crippen molar-refractivity contribution in [2.24, 2.45) is 0 Å². The average molecular weight is 480 g/mol. The SMILES string of the molecule is Cc1cc(F)ccc1CS(=O)(=O)c1cc(NC(=O)Nc2cccc(C(F)(F)F)c2)ccc1C. The normalized spacial score (nSPS) is 11.8. The Morgan fingerprint density at radius 1 is 0.879 bits per heavy atom. The molecule has 0 atom stereocenters. The van der Waals surface area contributed by atoms with Crippen molar-refractivity contribution >= 4 is 27.2 Å². The second-order valence-electron chi connectivity index (χ2n) is 7.47. The number of anilines is 2. The number of benzene rings is 3. The Kier molecular flexibility index (Phi) is 6.78. The highest BCUT2D eigenvalue weighted by molar-refractivity contribution is 7.90. The van der Waals surface area contributed by atoms with Crippen molar-refractivity contribution in [3.8, 4) is 0 Å². The Hall–Kier alpha value is -3.40. The van der Waals surface area contributed by atoms with Gasteiger partial charge in [-0.25, -0.2) is 17.6 Å². The molecule has 0 saturated heterocycles. The maximum atomic E-state index is 13.3. The van der Waals surface area contributed by atoms with Crippen LogP contribution in [0, 0.1) is 19.7 Å². The fraction of sp³-hybridized carbons (Fsp3) is 0.174. The van der Waals surface area contributed by atoms with Crippen LogP contribution in [0.3, 0.4) is 0 Å². The summed E-state index contributed by atoms with van der Waals surface area (Å²) in [5.41, 5.74) is 0.523. The van der Waals surface area contributed by atoms with E-state index in [-0.39, 0.29) is 22.0 Å². The molecule has 3 aromatic rings. The minimum atomic E-state index is -4.56. The fourth-order valence-corrected chi connectivity index (χ4v) is 4.94. The number of rotatable bonds is 5. The first kappa shape index (κ1) is 24.2. The van der Waals surface area contributed by atoms with Gasteiger partial charge in [-0.05, 0) is 73.0 Å². The molecule has 0 bridgehead atoms. The first-order valence-electron chi connectivity index (χ1n) is 9.69. The Bertz CT molecular complexity index is 1310. The van der Waals surface area contributed by atoms with Crippen molar-refractivity contribution in [2.45, 2.75) is 30.7 Å². The third kappa shape index (κ3) is 6.10. The van der Waals surface area contributed by atoms with Crippen LogP contribution in [0.5, 0.6) is 0 Å². The van der Waals surface area contributed by atoms with Gasteiger partial charge in [0, 0.05) is 11.4 Å². The van der Waals surface area contributed by atoms with Crippen LogP contribution in [0.4, 0.5) is 33.7 Å². The van der Waals surface area contributed by atoms with Crippen molar-refractivity contribution in [1.29, 1.82) is 0 Å². The van der Waals surface area contributed by atoms with Crippen molar-refractivity contribution in [3.05, 3.63) is 88.7 Å². The summed E-state index contributed by atoms with van der Waals surface area (Å²) in [7, 11) is -3.84. The van der Waals surface area contributed by atoms with Crippen molar-refractivity contribution < 1.29 is 30.8 Å². The fourth-order valence-electron chi connectivity index (χ4n) is 3.18. The predicted molar refractivity (Wildman–Crippen MR) is 117 cm³/mol. The number of nitrogens with one attached hydrogen (secondary N) is 2. The van der Waals surface area contributed by atoms with Crippen LogP contribution >= 0.6 is 0 Å². The largest absolute Gasteiger partial charge is 0.416 e. The number of urea groups is 1. The monoisotopic (exact) mass is 480 g/mol. The van der Waals surface area contributed by atoms with Crippen molar-refractivity contribution in [3.63, 3.8) is 0 Å². The Morgan fingerprint density at radius 3 is 2.18 bits per heavy atom. The highest BCUT2D eigenvalue weighted by atomic mass is 32.2. The molecule has 2 N–H and O–H groups in total. The molecule has 0 saturated carbocycles. The highest BCUT2D eigenvalue weighted by Crippen LogP contribution is 2.31. The molecule has 3 aromatic carbocycles. The molecule has 0 aromatic heterocycles. The van der Waals surface area contributed by atoms with Gasteiger partial charge in [0.2, 0.25) is 0 Å². The van der Waals surface area contributed by atoms with E-state index in [4.69, 9.17) is 0 Å². The molecular weight excluding hydrogens is 460 g/mol. The van der Waals surface area contributed by atoms with E-state index in [1.807, 2.05) is 0 Å². The van der Waals surface area contributed by atoms with Crippen LogP contribution in [0.1, 0.15) is 22.3 Å². The average Bonchev–Trinajstić information content (AvgIpc) is 2.71. The molecule has 10 heteroatoms. The van der Waals surface area contributed by atoms with E-state index in [1.54, 1.807) is 13.8 Å². The molecule has 2 amide bonds. The van der Waals surface area contributed by atoms with Gasteiger partial charge in [-0.15, -0.1) is 0 Å². The molecule has 174 valence electrons.